The van der Waals surface area contributed by atoms with Crippen LogP contribution in [-0.4, -0.2) is 17.6 Å². The number of carbonyl (C=O) groups excluding carboxylic acids is 1. The maximum atomic E-state index is 12.8. The number of benzene rings is 1. The lowest BCUT2D eigenvalue weighted by Gasteiger charge is -2.11. The molecule has 0 fully saturated rings. The van der Waals surface area contributed by atoms with Crippen LogP contribution in [0.3, 0.4) is 0 Å². The second-order valence-corrected chi connectivity index (χ2v) is 4.40. The number of rotatable bonds is 5. The second-order valence-electron chi connectivity index (χ2n) is 4.40. The summed E-state index contributed by atoms with van der Waals surface area (Å²) in [6.45, 7) is 1.96. The molecule has 0 aliphatic heterocycles. The maximum Gasteiger partial charge on any atom is 0.287 e. The molecule has 0 aliphatic rings. The Labute approximate surface area is 116 Å². The molecule has 0 spiro atoms. The van der Waals surface area contributed by atoms with E-state index in [1.54, 1.807) is 12.1 Å². The van der Waals surface area contributed by atoms with Crippen LogP contribution in [0.5, 0.6) is 0 Å². The largest absolute Gasteiger partial charge is 0.456 e. The Bertz CT molecular complexity index is 577. The van der Waals surface area contributed by atoms with Crippen molar-refractivity contribution in [2.75, 3.05) is 6.54 Å². The van der Waals surface area contributed by atoms with Gasteiger partial charge in [-0.3, -0.25) is 4.79 Å². The number of nitrogens with one attached hydrogen (secondary N) is 1. The van der Waals surface area contributed by atoms with Crippen molar-refractivity contribution in [3.05, 3.63) is 59.3 Å². The number of furan rings is 1. The van der Waals surface area contributed by atoms with Gasteiger partial charge in [-0.15, -0.1) is 0 Å². The highest BCUT2D eigenvalue weighted by Gasteiger charge is 2.13. The van der Waals surface area contributed by atoms with E-state index in [1.165, 1.54) is 24.3 Å². The maximum absolute atomic E-state index is 12.8. The predicted octanol–water partition coefficient (Wildman–Crippen LogP) is 2.44. The lowest BCUT2D eigenvalue weighted by Crippen LogP contribution is -2.28. The third-order valence-electron chi connectivity index (χ3n) is 2.94. The molecule has 1 aromatic carbocycles. The SMILES string of the molecule is CCc1ccc(C(=O)NCC(O)c2ccc(F)cc2)o1. The fourth-order valence-corrected chi connectivity index (χ4v) is 1.77. The van der Waals surface area contributed by atoms with Crippen molar-refractivity contribution in [2.24, 2.45) is 0 Å². The van der Waals surface area contributed by atoms with E-state index >= 15 is 0 Å². The van der Waals surface area contributed by atoms with E-state index in [9.17, 15) is 14.3 Å². The number of halogens is 1. The molecule has 2 aromatic rings. The number of carbonyl (C=O) groups is 1. The number of hydrogen-bond acceptors (Lipinski definition) is 3. The van der Waals surface area contributed by atoms with Gasteiger partial charge in [-0.1, -0.05) is 19.1 Å². The van der Waals surface area contributed by atoms with Gasteiger partial charge in [0.2, 0.25) is 0 Å². The fraction of sp³-hybridized carbons (Fsp3) is 0.267. The summed E-state index contributed by atoms with van der Waals surface area (Å²) in [6.07, 6.45) is -0.175. The first-order valence-electron chi connectivity index (χ1n) is 6.40. The van der Waals surface area contributed by atoms with Crippen LogP contribution >= 0.6 is 0 Å². The van der Waals surface area contributed by atoms with E-state index in [1.807, 2.05) is 6.92 Å². The van der Waals surface area contributed by atoms with Crippen molar-refractivity contribution in [3.8, 4) is 0 Å². The van der Waals surface area contributed by atoms with Crippen LogP contribution in [0.4, 0.5) is 4.39 Å². The van der Waals surface area contributed by atoms with Crippen LogP contribution < -0.4 is 5.32 Å². The van der Waals surface area contributed by atoms with Gasteiger partial charge in [0.15, 0.2) is 5.76 Å². The third kappa shape index (κ3) is 3.45. The zero-order valence-corrected chi connectivity index (χ0v) is 11.1. The average Bonchev–Trinajstić information content (AvgIpc) is 2.94. The van der Waals surface area contributed by atoms with Crippen molar-refractivity contribution in [3.63, 3.8) is 0 Å². The first-order valence-corrected chi connectivity index (χ1v) is 6.40. The molecular formula is C15H16FNO3. The molecule has 20 heavy (non-hydrogen) atoms. The summed E-state index contributed by atoms with van der Waals surface area (Å²) in [5.41, 5.74) is 0.542. The molecular weight excluding hydrogens is 261 g/mol. The summed E-state index contributed by atoms with van der Waals surface area (Å²) in [5.74, 6) is 0.195. The topological polar surface area (TPSA) is 62.5 Å². The molecule has 0 aliphatic carbocycles. The standard InChI is InChI=1S/C15H16FNO3/c1-2-12-7-8-14(20-12)15(19)17-9-13(18)10-3-5-11(16)6-4-10/h3-8,13,18H,2,9H2,1H3,(H,17,19). The Morgan fingerprint density at radius 3 is 2.60 bits per heavy atom. The van der Waals surface area contributed by atoms with E-state index in [0.29, 0.717) is 12.0 Å². The van der Waals surface area contributed by atoms with Crippen molar-refractivity contribution in [1.29, 1.82) is 0 Å². The highest BCUT2D eigenvalue weighted by molar-refractivity contribution is 5.91. The molecule has 0 radical (unpaired) electrons. The molecule has 0 saturated carbocycles. The number of aliphatic hydroxyl groups is 1. The Morgan fingerprint density at radius 2 is 2.00 bits per heavy atom. The highest BCUT2D eigenvalue weighted by Crippen LogP contribution is 2.13. The summed E-state index contributed by atoms with van der Waals surface area (Å²) < 4.78 is 18.1. The molecule has 4 nitrogen and oxygen atoms in total. The molecule has 1 atom stereocenters. The summed E-state index contributed by atoms with van der Waals surface area (Å²) in [7, 11) is 0. The van der Waals surface area contributed by atoms with Crippen LogP contribution in [0.1, 0.15) is 34.9 Å². The zero-order valence-electron chi connectivity index (χ0n) is 11.1. The van der Waals surface area contributed by atoms with Gasteiger partial charge < -0.3 is 14.8 Å². The van der Waals surface area contributed by atoms with Gasteiger partial charge in [0.1, 0.15) is 11.6 Å². The number of aliphatic hydroxyl groups excluding tert-OH is 1. The van der Waals surface area contributed by atoms with Crippen molar-refractivity contribution in [1.82, 2.24) is 5.32 Å². The molecule has 2 N–H and O–H groups in total. The molecule has 0 bridgehead atoms. The summed E-state index contributed by atoms with van der Waals surface area (Å²) in [5, 5.41) is 12.5. The molecule has 1 aromatic heterocycles. The number of aryl methyl sites for hydroxylation is 1. The summed E-state index contributed by atoms with van der Waals surface area (Å²) >= 11 is 0. The molecule has 106 valence electrons. The minimum Gasteiger partial charge on any atom is -0.456 e. The zero-order chi connectivity index (χ0) is 14.5. The minimum absolute atomic E-state index is 0.0343. The normalized spacial score (nSPS) is 12.2. The van der Waals surface area contributed by atoms with Crippen LogP contribution in [0, 0.1) is 5.82 Å². The van der Waals surface area contributed by atoms with Gasteiger partial charge >= 0.3 is 0 Å². The number of hydrogen-bond donors (Lipinski definition) is 2. The van der Waals surface area contributed by atoms with Crippen molar-refractivity contribution >= 4 is 5.91 Å². The van der Waals surface area contributed by atoms with E-state index in [4.69, 9.17) is 4.42 Å². The Morgan fingerprint density at radius 1 is 1.30 bits per heavy atom. The van der Waals surface area contributed by atoms with Crippen LogP contribution in [-0.2, 0) is 6.42 Å². The Hall–Kier alpha value is -2.14. The van der Waals surface area contributed by atoms with E-state index < -0.39 is 6.10 Å². The lowest BCUT2D eigenvalue weighted by atomic mass is 10.1. The van der Waals surface area contributed by atoms with Gasteiger partial charge in [-0.05, 0) is 29.8 Å². The first-order chi connectivity index (χ1) is 9.60. The fourth-order valence-electron chi connectivity index (χ4n) is 1.77. The summed E-state index contributed by atoms with van der Waals surface area (Å²) in [4.78, 5) is 11.8. The van der Waals surface area contributed by atoms with Crippen LogP contribution in [0.25, 0.3) is 0 Å². The first kappa shape index (κ1) is 14.3. The Balaban J connectivity index is 1.91. The van der Waals surface area contributed by atoms with Crippen molar-refractivity contribution in [2.45, 2.75) is 19.4 Å². The van der Waals surface area contributed by atoms with Crippen molar-refractivity contribution < 1.29 is 18.7 Å². The summed E-state index contributed by atoms with van der Waals surface area (Å²) in [6, 6.07) is 8.83. The molecule has 1 heterocycles. The molecule has 1 unspecified atom stereocenters. The highest BCUT2D eigenvalue weighted by atomic mass is 19.1. The predicted molar refractivity (Wildman–Crippen MR) is 71.8 cm³/mol. The molecule has 0 saturated heterocycles. The van der Waals surface area contributed by atoms with E-state index in [-0.39, 0.29) is 24.0 Å². The Kier molecular flexibility index (Phi) is 4.53. The van der Waals surface area contributed by atoms with Gasteiger partial charge in [0.25, 0.3) is 5.91 Å². The minimum atomic E-state index is -0.889. The number of amides is 1. The lowest BCUT2D eigenvalue weighted by molar-refractivity contribution is 0.0887. The van der Waals surface area contributed by atoms with Crippen LogP contribution in [0.15, 0.2) is 40.8 Å². The molecule has 5 heteroatoms. The monoisotopic (exact) mass is 277 g/mol. The average molecular weight is 277 g/mol. The van der Waals surface area contributed by atoms with E-state index in [0.717, 1.165) is 5.76 Å². The smallest absolute Gasteiger partial charge is 0.287 e. The van der Waals surface area contributed by atoms with Gasteiger partial charge in [0.05, 0.1) is 6.10 Å². The molecule has 1 amide bonds. The van der Waals surface area contributed by atoms with Gasteiger partial charge in [-0.25, -0.2) is 4.39 Å². The third-order valence-corrected chi connectivity index (χ3v) is 2.94. The van der Waals surface area contributed by atoms with Gasteiger partial charge in [-0.2, -0.15) is 0 Å². The van der Waals surface area contributed by atoms with Gasteiger partial charge in [0, 0.05) is 13.0 Å². The second kappa shape index (κ2) is 6.34. The quantitative estimate of drug-likeness (QED) is 0.882. The van der Waals surface area contributed by atoms with Crippen LogP contribution in [0.2, 0.25) is 0 Å². The van der Waals surface area contributed by atoms with E-state index in [2.05, 4.69) is 5.32 Å². The molecule has 2 rings (SSSR count).